The maximum atomic E-state index is 11.5. The van der Waals surface area contributed by atoms with Gasteiger partial charge in [-0.15, -0.1) is 0 Å². The summed E-state index contributed by atoms with van der Waals surface area (Å²) in [6, 6.07) is 0. The highest BCUT2D eigenvalue weighted by atomic mass is 16.6. The Hall–Kier alpha value is -2.05. The van der Waals surface area contributed by atoms with Crippen molar-refractivity contribution in [2.24, 2.45) is 0 Å². The number of anilines is 1. The van der Waals surface area contributed by atoms with Crippen LogP contribution in [0.2, 0.25) is 0 Å². The van der Waals surface area contributed by atoms with E-state index in [1.165, 1.54) is 6.92 Å². The number of hydrogen-bond acceptors (Lipinski definition) is 5. The minimum absolute atomic E-state index is 0.00625. The minimum Gasteiger partial charge on any atom is -0.475 e. The molecule has 1 amide bonds. The van der Waals surface area contributed by atoms with Crippen LogP contribution in [0.4, 0.5) is 10.5 Å². The smallest absolute Gasteiger partial charge is 0.412 e. The van der Waals surface area contributed by atoms with Crippen LogP contribution in [0.1, 0.15) is 37.0 Å². The lowest BCUT2D eigenvalue weighted by Crippen LogP contribution is -2.27. The van der Waals surface area contributed by atoms with Crippen LogP contribution < -0.4 is 5.32 Å². The normalized spacial score (nSPS) is 11.1. The van der Waals surface area contributed by atoms with Gasteiger partial charge >= 0.3 is 12.1 Å². The van der Waals surface area contributed by atoms with Crippen LogP contribution in [0.15, 0.2) is 4.52 Å². The van der Waals surface area contributed by atoms with Gasteiger partial charge in [0, 0.05) is 0 Å². The number of aromatic carboxylic acids is 1. The molecule has 2 N–H and O–H groups in total. The summed E-state index contributed by atoms with van der Waals surface area (Å²) in [6.07, 6.45) is -0.758. The van der Waals surface area contributed by atoms with Crippen LogP contribution >= 0.6 is 0 Å². The lowest BCUT2D eigenvalue weighted by atomic mass is 10.2. The third kappa shape index (κ3) is 3.47. The van der Waals surface area contributed by atoms with E-state index in [4.69, 9.17) is 9.84 Å². The second-order valence-electron chi connectivity index (χ2n) is 4.40. The van der Waals surface area contributed by atoms with Crippen molar-refractivity contribution in [1.82, 2.24) is 5.16 Å². The Kier molecular flexibility index (Phi) is 3.40. The second-order valence-corrected chi connectivity index (χ2v) is 4.40. The van der Waals surface area contributed by atoms with Crippen molar-refractivity contribution >= 4 is 17.7 Å². The Balaban J connectivity index is 2.85. The zero-order chi connectivity index (χ0) is 13.2. The van der Waals surface area contributed by atoms with E-state index < -0.39 is 23.4 Å². The molecule has 0 radical (unpaired) electrons. The average molecular weight is 242 g/mol. The highest BCUT2D eigenvalue weighted by Gasteiger charge is 2.23. The highest BCUT2D eigenvalue weighted by Crippen LogP contribution is 2.21. The van der Waals surface area contributed by atoms with Gasteiger partial charge in [-0.1, -0.05) is 5.16 Å². The molecule has 0 fully saturated rings. The Morgan fingerprint density at radius 1 is 1.41 bits per heavy atom. The molecule has 1 aromatic rings. The molecule has 0 spiro atoms. The number of carbonyl (C=O) groups is 2. The molecule has 7 heteroatoms. The molecule has 1 aromatic heterocycles. The van der Waals surface area contributed by atoms with E-state index in [1.807, 2.05) is 0 Å². The van der Waals surface area contributed by atoms with Crippen molar-refractivity contribution in [2.75, 3.05) is 5.32 Å². The molecule has 0 unspecified atom stereocenters. The van der Waals surface area contributed by atoms with Gasteiger partial charge in [0.2, 0.25) is 0 Å². The van der Waals surface area contributed by atoms with Crippen molar-refractivity contribution in [1.29, 1.82) is 0 Å². The predicted octanol–water partition coefficient (Wildman–Crippen LogP) is 2.03. The van der Waals surface area contributed by atoms with Crippen LogP contribution in [0.3, 0.4) is 0 Å². The third-order valence-corrected chi connectivity index (χ3v) is 1.68. The minimum atomic E-state index is -1.31. The summed E-state index contributed by atoms with van der Waals surface area (Å²) in [5, 5.41) is 14.6. The lowest BCUT2D eigenvalue weighted by Gasteiger charge is -2.19. The quantitative estimate of drug-likeness (QED) is 0.822. The summed E-state index contributed by atoms with van der Waals surface area (Å²) in [7, 11) is 0. The number of hydrogen-bond donors (Lipinski definition) is 2. The van der Waals surface area contributed by atoms with Gasteiger partial charge in [0.05, 0.1) is 0 Å². The Bertz CT molecular complexity index is 444. The second kappa shape index (κ2) is 4.44. The molecule has 0 atom stereocenters. The summed E-state index contributed by atoms with van der Waals surface area (Å²) < 4.78 is 9.56. The molecule has 1 rings (SSSR count). The fourth-order valence-corrected chi connectivity index (χ4v) is 1.07. The fraction of sp³-hybridized carbons (Fsp3) is 0.500. The Morgan fingerprint density at radius 2 is 2.00 bits per heavy atom. The zero-order valence-corrected chi connectivity index (χ0v) is 10.0. The van der Waals surface area contributed by atoms with Crippen LogP contribution in [-0.4, -0.2) is 27.9 Å². The van der Waals surface area contributed by atoms with Gasteiger partial charge in [0.1, 0.15) is 17.0 Å². The zero-order valence-electron chi connectivity index (χ0n) is 10.0. The molecule has 1 heterocycles. The fourth-order valence-electron chi connectivity index (χ4n) is 1.07. The number of carboxylic acid groups (broad SMARTS) is 1. The topological polar surface area (TPSA) is 102 Å². The number of aryl methyl sites for hydroxylation is 1. The molecular formula is C10H14N2O5. The molecule has 0 aromatic carbocycles. The van der Waals surface area contributed by atoms with Crippen LogP contribution in [0, 0.1) is 6.92 Å². The first-order valence-corrected chi connectivity index (χ1v) is 4.90. The molecule has 0 saturated carbocycles. The highest BCUT2D eigenvalue weighted by molar-refractivity contribution is 5.97. The van der Waals surface area contributed by atoms with Crippen molar-refractivity contribution in [3.63, 3.8) is 0 Å². The SMILES string of the molecule is Cc1noc(C(=O)O)c1NC(=O)OC(C)(C)C. The van der Waals surface area contributed by atoms with Crippen LogP contribution in [0.5, 0.6) is 0 Å². The molecule has 0 bridgehead atoms. The number of carboxylic acids is 1. The number of carbonyl (C=O) groups excluding carboxylic acids is 1. The number of nitrogens with one attached hydrogen (secondary N) is 1. The number of nitrogens with zero attached hydrogens (tertiary/aromatic N) is 1. The first-order chi connectivity index (χ1) is 7.70. The number of amides is 1. The molecule has 94 valence electrons. The van der Waals surface area contributed by atoms with Crippen molar-refractivity contribution in [3.05, 3.63) is 11.5 Å². The van der Waals surface area contributed by atoms with Crippen molar-refractivity contribution in [2.45, 2.75) is 33.3 Å². The van der Waals surface area contributed by atoms with E-state index in [0.29, 0.717) is 0 Å². The van der Waals surface area contributed by atoms with Gasteiger partial charge in [0.25, 0.3) is 5.76 Å². The van der Waals surface area contributed by atoms with Gasteiger partial charge in [-0.05, 0) is 27.7 Å². The summed E-state index contributed by atoms with van der Waals surface area (Å²) in [4.78, 5) is 22.2. The van der Waals surface area contributed by atoms with Crippen LogP contribution in [-0.2, 0) is 4.74 Å². The van der Waals surface area contributed by atoms with E-state index in [0.717, 1.165) is 0 Å². The lowest BCUT2D eigenvalue weighted by molar-refractivity contribution is 0.0635. The summed E-state index contributed by atoms with van der Waals surface area (Å²) in [6.45, 7) is 6.62. The molecule has 17 heavy (non-hydrogen) atoms. The Morgan fingerprint density at radius 3 is 2.47 bits per heavy atom. The summed E-state index contributed by atoms with van der Waals surface area (Å²) in [5.41, 5.74) is -0.390. The van der Waals surface area contributed by atoms with Gasteiger partial charge in [0.15, 0.2) is 0 Å². The van der Waals surface area contributed by atoms with Crippen LogP contribution in [0.25, 0.3) is 0 Å². The molecule has 0 aliphatic heterocycles. The maximum Gasteiger partial charge on any atom is 0.412 e. The standard InChI is InChI=1S/C10H14N2O5/c1-5-6(7(8(13)14)17-12-5)11-9(15)16-10(2,3)4/h1-4H3,(H,11,15)(H,13,14). The summed E-state index contributed by atoms with van der Waals surface area (Å²) in [5.74, 6) is -1.73. The first-order valence-electron chi connectivity index (χ1n) is 4.90. The van der Waals surface area contributed by atoms with E-state index >= 15 is 0 Å². The van der Waals surface area contributed by atoms with Gasteiger partial charge in [-0.2, -0.15) is 0 Å². The van der Waals surface area contributed by atoms with E-state index in [2.05, 4.69) is 15.0 Å². The average Bonchev–Trinajstić information content (AvgIpc) is 2.44. The predicted molar refractivity (Wildman–Crippen MR) is 58.1 cm³/mol. The molecule has 0 saturated heterocycles. The molecular weight excluding hydrogens is 228 g/mol. The number of rotatable bonds is 2. The largest absolute Gasteiger partial charge is 0.475 e. The number of aromatic nitrogens is 1. The number of ether oxygens (including phenoxy) is 1. The van der Waals surface area contributed by atoms with E-state index in [9.17, 15) is 9.59 Å². The van der Waals surface area contributed by atoms with E-state index in [-0.39, 0.29) is 11.4 Å². The van der Waals surface area contributed by atoms with Gasteiger partial charge < -0.3 is 14.4 Å². The Labute approximate surface area is 97.7 Å². The maximum absolute atomic E-state index is 11.5. The molecule has 0 aliphatic rings. The first kappa shape index (κ1) is 13.0. The molecule has 7 nitrogen and oxygen atoms in total. The summed E-state index contributed by atoms with van der Waals surface area (Å²) >= 11 is 0. The van der Waals surface area contributed by atoms with E-state index in [1.54, 1.807) is 20.8 Å². The third-order valence-electron chi connectivity index (χ3n) is 1.68. The monoisotopic (exact) mass is 242 g/mol. The van der Waals surface area contributed by atoms with Crippen molar-refractivity contribution < 1.29 is 24.0 Å². The van der Waals surface area contributed by atoms with Gasteiger partial charge in [-0.25, -0.2) is 9.59 Å². The molecule has 0 aliphatic carbocycles. The van der Waals surface area contributed by atoms with Gasteiger partial charge in [-0.3, -0.25) is 5.32 Å². The van der Waals surface area contributed by atoms with Crippen molar-refractivity contribution in [3.8, 4) is 0 Å².